The monoisotopic (exact) mass is 416 g/mol. The molecule has 0 bridgehead atoms. The Labute approximate surface area is 154 Å². The molecule has 5 heteroatoms. The molecule has 0 amide bonds. The summed E-state index contributed by atoms with van der Waals surface area (Å²) in [5, 5.41) is 0. The van der Waals surface area contributed by atoms with Crippen molar-refractivity contribution in [1.82, 2.24) is 0 Å². The minimum Gasteiger partial charge on any atom is -0.273 e. The molecule has 2 aliphatic carbocycles. The van der Waals surface area contributed by atoms with Gasteiger partial charge in [0.15, 0.2) is 0 Å². The van der Waals surface area contributed by atoms with Crippen molar-refractivity contribution in [3.05, 3.63) is 48.1 Å². The van der Waals surface area contributed by atoms with Gasteiger partial charge in [-0.05, 0) is 0 Å². The molecular weight excluding hydrogens is 393 g/mol. The summed E-state index contributed by atoms with van der Waals surface area (Å²) in [6.45, 7) is 4.12. The SMILES string of the molecule is CCCC1=CC[C-]=C1.CCCC[Si](=[Zr+2])C(F)(F)F.[C-]1=CC=CC1. The van der Waals surface area contributed by atoms with E-state index in [-0.39, 0.29) is 0 Å². The second-order valence-corrected chi connectivity index (χ2v) is 11.6. The van der Waals surface area contributed by atoms with Crippen LogP contribution in [0.5, 0.6) is 0 Å². The predicted octanol–water partition coefficient (Wildman–Crippen LogP) is 6.21. The number of alkyl halides is 3. The third-order valence-electron chi connectivity index (χ3n) is 3.02. The predicted molar refractivity (Wildman–Crippen MR) is 88.5 cm³/mol. The molecule has 23 heavy (non-hydrogen) atoms. The van der Waals surface area contributed by atoms with Crippen LogP contribution in [0, 0.1) is 12.2 Å². The maximum Gasteiger partial charge on any atom is -0.109 e. The molecule has 0 saturated carbocycles. The van der Waals surface area contributed by atoms with E-state index in [1.54, 1.807) is 0 Å². The zero-order chi connectivity index (χ0) is 17.6. The van der Waals surface area contributed by atoms with E-state index in [1.807, 2.05) is 19.1 Å². The number of hydrogen-bond donors (Lipinski definition) is 0. The number of hydrogen-bond acceptors (Lipinski definition) is 0. The van der Waals surface area contributed by atoms with E-state index in [1.165, 1.54) is 18.4 Å². The summed E-state index contributed by atoms with van der Waals surface area (Å²) >= 11 is 0.689. The van der Waals surface area contributed by atoms with E-state index in [0.29, 0.717) is 29.4 Å². The molecule has 0 N–H and O–H groups in total. The smallest absolute Gasteiger partial charge is 0.109 e. The topological polar surface area (TPSA) is 0 Å². The molecule has 0 spiro atoms. The molecule has 2 rings (SSSR count). The maximum absolute atomic E-state index is 11.8. The summed E-state index contributed by atoms with van der Waals surface area (Å²) in [7, 11) is 0. The third kappa shape index (κ3) is 13.9. The van der Waals surface area contributed by atoms with Gasteiger partial charge in [0, 0.05) is 0 Å². The number of unbranched alkanes of at least 4 members (excludes halogenated alkanes) is 1. The molecule has 0 radical (unpaired) electrons. The summed E-state index contributed by atoms with van der Waals surface area (Å²) in [6, 6.07) is 0.406. The summed E-state index contributed by atoms with van der Waals surface area (Å²) in [5.74, 6) is -3.85. The normalized spacial score (nSPS) is 14.8. The van der Waals surface area contributed by atoms with Crippen LogP contribution in [0.4, 0.5) is 13.2 Å². The Bertz CT molecular complexity index is 436. The number of allylic oxidation sites excluding steroid dienone is 8. The Morgan fingerprint density at radius 3 is 2.26 bits per heavy atom. The zero-order valence-electron chi connectivity index (χ0n) is 14.0. The summed E-state index contributed by atoms with van der Waals surface area (Å²) < 4.78 is 35.5. The van der Waals surface area contributed by atoms with Gasteiger partial charge in [0.25, 0.3) is 0 Å². The average Bonchev–Trinajstić information content (AvgIpc) is 3.20. The van der Waals surface area contributed by atoms with Crippen LogP contribution in [-0.2, 0) is 23.3 Å². The van der Waals surface area contributed by atoms with Crippen molar-refractivity contribution in [2.75, 3.05) is 0 Å². The molecule has 0 aliphatic heterocycles. The number of halogens is 3. The Morgan fingerprint density at radius 1 is 1.17 bits per heavy atom. The van der Waals surface area contributed by atoms with Crippen molar-refractivity contribution in [3.8, 4) is 0 Å². The molecule has 0 unspecified atom stereocenters. The van der Waals surface area contributed by atoms with Crippen molar-refractivity contribution >= 4 is 5.43 Å². The second kappa shape index (κ2) is 14.2. The zero-order valence-corrected chi connectivity index (χ0v) is 17.4. The molecule has 0 atom stereocenters. The first kappa shape index (κ1) is 22.9. The van der Waals surface area contributed by atoms with Gasteiger partial charge in [-0.15, -0.1) is 12.8 Å². The first-order valence-electron chi connectivity index (χ1n) is 8.03. The molecule has 0 fully saturated rings. The summed E-state index contributed by atoms with van der Waals surface area (Å²) in [4.78, 5) is 0. The van der Waals surface area contributed by atoms with Crippen LogP contribution >= 0.6 is 0 Å². The van der Waals surface area contributed by atoms with Gasteiger partial charge in [-0.2, -0.15) is 12.2 Å². The first-order chi connectivity index (χ1) is 10.9. The molecule has 0 aromatic carbocycles. The quantitative estimate of drug-likeness (QED) is 0.368. The van der Waals surface area contributed by atoms with Gasteiger partial charge in [0.2, 0.25) is 0 Å². The van der Waals surface area contributed by atoms with Crippen LogP contribution in [0.25, 0.3) is 0 Å². The van der Waals surface area contributed by atoms with E-state index in [9.17, 15) is 13.2 Å². The molecule has 0 heterocycles. The third-order valence-corrected chi connectivity index (χ3v) is 8.49. The van der Waals surface area contributed by atoms with Gasteiger partial charge in [0.05, 0.1) is 0 Å². The second-order valence-electron chi connectivity index (χ2n) is 5.16. The minimum absolute atomic E-state index is 0.406. The van der Waals surface area contributed by atoms with E-state index in [4.69, 9.17) is 0 Å². The van der Waals surface area contributed by atoms with Crippen LogP contribution in [0.3, 0.4) is 0 Å². The van der Waals surface area contributed by atoms with E-state index in [2.05, 4.69) is 37.3 Å². The van der Waals surface area contributed by atoms with Crippen LogP contribution in [0.2, 0.25) is 6.04 Å². The van der Waals surface area contributed by atoms with E-state index >= 15 is 0 Å². The summed E-state index contributed by atoms with van der Waals surface area (Å²) in [5.41, 5.74) is -0.513. The number of rotatable bonds is 5. The summed E-state index contributed by atoms with van der Waals surface area (Å²) in [6.07, 6.45) is 22.6. The molecule has 0 aromatic heterocycles. The average molecular weight is 418 g/mol. The van der Waals surface area contributed by atoms with E-state index < -0.39 is 11.2 Å². The van der Waals surface area contributed by atoms with Crippen molar-refractivity contribution in [1.29, 1.82) is 0 Å². The fraction of sp³-hybridized carbons (Fsp3) is 0.556. The molecule has 0 saturated heterocycles. The Morgan fingerprint density at radius 2 is 1.91 bits per heavy atom. The van der Waals surface area contributed by atoms with Gasteiger partial charge in [-0.3, -0.25) is 12.2 Å². The van der Waals surface area contributed by atoms with Crippen LogP contribution < -0.4 is 0 Å². The van der Waals surface area contributed by atoms with Crippen LogP contribution in [-0.4, -0.2) is 11.2 Å². The Kier molecular flexibility index (Phi) is 14.1. The van der Waals surface area contributed by atoms with Crippen molar-refractivity contribution in [2.45, 2.75) is 64.2 Å². The largest absolute Gasteiger partial charge is 0.273 e. The standard InChI is InChI=1S/C8H11.C5H9F3Si.C5H5.Zr/c1-2-5-8-6-3-4-7-8;1-2-3-4-9-5(6,7)8;1-2-4-5-3-1;/h6-7H,2-3,5H2,1H3;2-4H2,1H3;1-3H,4H2;/q-1;;-1;+2. The van der Waals surface area contributed by atoms with Gasteiger partial charge in [-0.1, -0.05) is 19.8 Å². The van der Waals surface area contributed by atoms with Crippen molar-refractivity contribution in [3.63, 3.8) is 0 Å². The minimum atomic E-state index is -3.85. The molecule has 0 aromatic rings. The van der Waals surface area contributed by atoms with Gasteiger partial charge < -0.3 is 0 Å². The first-order valence-corrected chi connectivity index (χ1v) is 13.4. The molecular formula is C18H25F3SiZr. The fourth-order valence-corrected chi connectivity index (χ4v) is 4.03. The van der Waals surface area contributed by atoms with Crippen LogP contribution in [0.15, 0.2) is 36.0 Å². The van der Waals surface area contributed by atoms with Crippen molar-refractivity contribution < 1.29 is 36.5 Å². The van der Waals surface area contributed by atoms with Gasteiger partial charge in [0.1, 0.15) is 0 Å². The van der Waals surface area contributed by atoms with E-state index in [0.717, 1.165) is 25.7 Å². The van der Waals surface area contributed by atoms with Gasteiger partial charge in [-0.25, -0.2) is 23.8 Å². The van der Waals surface area contributed by atoms with Crippen LogP contribution in [0.1, 0.15) is 52.4 Å². The fourth-order valence-electron chi connectivity index (χ4n) is 1.74. The molecule has 126 valence electrons. The maximum atomic E-state index is 11.8. The molecule has 2 aliphatic rings. The van der Waals surface area contributed by atoms with Gasteiger partial charge >= 0.3 is 73.5 Å². The molecule has 0 nitrogen and oxygen atoms in total. The van der Waals surface area contributed by atoms with Crippen molar-refractivity contribution in [2.24, 2.45) is 0 Å². The Balaban J connectivity index is 0.000000331. The Hall–Kier alpha value is -0.150.